The lowest BCUT2D eigenvalue weighted by Gasteiger charge is -2.00. The fraction of sp³-hybridized carbons (Fsp3) is 0.0714. The van der Waals surface area contributed by atoms with E-state index in [9.17, 15) is 0 Å². The summed E-state index contributed by atoms with van der Waals surface area (Å²) in [7, 11) is 1.65. The van der Waals surface area contributed by atoms with Crippen LogP contribution in [0.1, 0.15) is 0 Å². The summed E-state index contributed by atoms with van der Waals surface area (Å²) in [5.74, 6) is 0.835. The first-order chi connectivity index (χ1) is 8.38. The first kappa shape index (κ1) is 9.90. The Labute approximate surface area is 98.6 Å². The number of hydrogen-bond donors (Lipinski definition) is 0. The van der Waals surface area contributed by atoms with Gasteiger partial charge in [0.15, 0.2) is 5.58 Å². The SMILES string of the molecule is COc1ccc(-c2noc3ccccc23)cc1. The highest BCUT2D eigenvalue weighted by Crippen LogP contribution is 2.28. The van der Waals surface area contributed by atoms with Gasteiger partial charge in [0.05, 0.1) is 7.11 Å². The van der Waals surface area contributed by atoms with Gasteiger partial charge in [-0.1, -0.05) is 17.3 Å². The van der Waals surface area contributed by atoms with E-state index < -0.39 is 0 Å². The number of fused-ring (bicyclic) bond motifs is 1. The maximum Gasteiger partial charge on any atom is 0.167 e. The number of aromatic nitrogens is 1. The van der Waals surface area contributed by atoms with E-state index >= 15 is 0 Å². The van der Waals surface area contributed by atoms with E-state index in [4.69, 9.17) is 9.26 Å². The summed E-state index contributed by atoms with van der Waals surface area (Å²) in [6, 6.07) is 15.6. The lowest BCUT2D eigenvalue weighted by molar-refractivity contribution is 0.415. The molecule has 0 aliphatic rings. The minimum Gasteiger partial charge on any atom is -0.497 e. The summed E-state index contributed by atoms with van der Waals surface area (Å²) < 4.78 is 10.4. The number of rotatable bonds is 2. The molecule has 0 radical (unpaired) electrons. The van der Waals surface area contributed by atoms with Crippen LogP contribution in [0, 0.1) is 0 Å². The Morgan fingerprint density at radius 1 is 1.00 bits per heavy atom. The van der Waals surface area contributed by atoms with Crippen molar-refractivity contribution >= 4 is 11.0 Å². The molecule has 0 bridgehead atoms. The quantitative estimate of drug-likeness (QED) is 0.669. The van der Waals surface area contributed by atoms with Gasteiger partial charge < -0.3 is 9.26 Å². The van der Waals surface area contributed by atoms with E-state index in [0.717, 1.165) is 28.0 Å². The van der Waals surface area contributed by atoms with Crippen molar-refractivity contribution in [1.82, 2.24) is 5.16 Å². The Balaban J connectivity index is 2.13. The molecule has 17 heavy (non-hydrogen) atoms. The average molecular weight is 225 g/mol. The van der Waals surface area contributed by atoms with E-state index in [-0.39, 0.29) is 0 Å². The molecular formula is C14H11NO2. The van der Waals surface area contributed by atoms with Gasteiger partial charge in [-0.3, -0.25) is 0 Å². The van der Waals surface area contributed by atoms with Crippen molar-refractivity contribution in [3.8, 4) is 17.0 Å². The predicted molar refractivity (Wildman–Crippen MR) is 66.0 cm³/mol. The molecule has 0 spiro atoms. The van der Waals surface area contributed by atoms with Crippen molar-refractivity contribution in [2.24, 2.45) is 0 Å². The summed E-state index contributed by atoms with van der Waals surface area (Å²) in [6.07, 6.45) is 0. The van der Waals surface area contributed by atoms with Crippen molar-refractivity contribution in [3.05, 3.63) is 48.5 Å². The molecule has 3 aromatic rings. The van der Waals surface area contributed by atoms with Gasteiger partial charge in [-0.15, -0.1) is 0 Å². The summed E-state index contributed by atoms with van der Waals surface area (Å²) in [6.45, 7) is 0. The Kier molecular flexibility index (Phi) is 2.29. The molecule has 0 atom stereocenters. The van der Waals surface area contributed by atoms with Crippen LogP contribution in [0.3, 0.4) is 0 Å². The van der Waals surface area contributed by atoms with Crippen LogP contribution in [0.4, 0.5) is 0 Å². The molecule has 0 unspecified atom stereocenters. The number of ether oxygens (including phenoxy) is 1. The van der Waals surface area contributed by atoms with E-state index in [2.05, 4.69) is 5.16 Å². The van der Waals surface area contributed by atoms with E-state index in [0.29, 0.717) is 0 Å². The summed E-state index contributed by atoms with van der Waals surface area (Å²) in [5, 5.41) is 5.13. The van der Waals surface area contributed by atoms with Crippen LogP contribution in [0.25, 0.3) is 22.2 Å². The van der Waals surface area contributed by atoms with Gasteiger partial charge in [-0.05, 0) is 36.4 Å². The minimum atomic E-state index is 0.804. The lowest BCUT2D eigenvalue weighted by Crippen LogP contribution is -1.83. The molecule has 0 fully saturated rings. The number of benzene rings is 2. The maximum atomic E-state index is 5.28. The fourth-order valence-electron chi connectivity index (χ4n) is 1.84. The van der Waals surface area contributed by atoms with Crippen LogP contribution < -0.4 is 4.74 Å². The van der Waals surface area contributed by atoms with Gasteiger partial charge in [0.2, 0.25) is 0 Å². The van der Waals surface area contributed by atoms with Crippen molar-refractivity contribution in [2.75, 3.05) is 7.11 Å². The molecule has 1 aromatic heterocycles. The highest BCUT2D eigenvalue weighted by molar-refractivity contribution is 5.91. The number of para-hydroxylation sites is 1. The molecule has 0 N–H and O–H groups in total. The van der Waals surface area contributed by atoms with Gasteiger partial charge in [0.25, 0.3) is 0 Å². The highest BCUT2D eigenvalue weighted by atomic mass is 16.5. The molecule has 84 valence electrons. The molecule has 2 aromatic carbocycles. The standard InChI is InChI=1S/C14H11NO2/c1-16-11-8-6-10(7-9-11)14-12-4-2-3-5-13(12)17-15-14/h2-9H,1H3. The largest absolute Gasteiger partial charge is 0.497 e. The van der Waals surface area contributed by atoms with Crippen molar-refractivity contribution in [3.63, 3.8) is 0 Å². The molecule has 1 heterocycles. The Morgan fingerprint density at radius 2 is 1.76 bits per heavy atom. The predicted octanol–water partition coefficient (Wildman–Crippen LogP) is 3.50. The Hall–Kier alpha value is -2.29. The van der Waals surface area contributed by atoms with Gasteiger partial charge in [0.1, 0.15) is 11.4 Å². The third-order valence-electron chi connectivity index (χ3n) is 2.74. The molecule has 0 aliphatic heterocycles. The minimum absolute atomic E-state index is 0.804. The number of methoxy groups -OCH3 is 1. The van der Waals surface area contributed by atoms with Crippen molar-refractivity contribution in [1.29, 1.82) is 0 Å². The zero-order chi connectivity index (χ0) is 11.7. The second-order valence-electron chi connectivity index (χ2n) is 3.76. The highest BCUT2D eigenvalue weighted by Gasteiger charge is 2.09. The third kappa shape index (κ3) is 1.65. The smallest absolute Gasteiger partial charge is 0.167 e. The lowest BCUT2D eigenvalue weighted by atomic mass is 10.1. The van der Waals surface area contributed by atoms with Crippen LogP contribution in [0.5, 0.6) is 5.75 Å². The molecule has 3 heteroatoms. The molecule has 0 aliphatic carbocycles. The molecule has 3 rings (SSSR count). The Morgan fingerprint density at radius 3 is 2.53 bits per heavy atom. The summed E-state index contributed by atoms with van der Waals surface area (Å²) in [5.41, 5.74) is 2.69. The zero-order valence-corrected chi connectivity index (χ0v) is 9.38. The number of hydrogen-bond acceptors (Lipinski definition) is 3. The first-order valence-electron chi connectivity index (χ1n) is 5.37. The van der Waals surface area contributed by atoms with Crippen LogP contribution in [0.15, 0.2) is 53.1 Å². The zero-order valence-electron chi connectivity index (χ0n) is 9.38. The van der Waals surface area contributed by atoms with Gasteiger partial charge >= 0.3 is 0 Å². The molecular weight excluding hydrogens is 214 g/mol. The number of nitrogens with zero attached hydrogens (tertiary/aromatic N) is 1. The second-order valence-corrected chi connectivity index (χ2v) is 3.76. The van der Waals surface area contributed by atoms with Crippen LogP contribution >= 0.6 is 0 Å². The van der Waals surface area contributed by atoms with Crippen LogP contribution in [-0.4, -0.2) is 12.3 Å². The molecule has 0 amide bonds. The second kappa shape index (κ2) is 3.94. The summed E-state index contributed by atoms with van der Waals surface area (Å²) >= 11 is 0. The van der Waals surface area contributed by atoms with Crippen molar-refractivity contribution < 1.29 is 9.26 Å². The van der Waals surface area contributed by atoms with Gasteiger partial charge in [-0.2, -0.15) is 0 Å². The van der Waals surface area contributed by atoms with Crippen LogP contribution in [0.2, 0.25) is 0 Å². The molecule has 0 saturated carbocycles. The van der Waals surface area contributed by atoms with Crippen molar-refractivity contribution in [2.45, 2.75) is 0 Å². The average Bonchev–Trinajstić information content (AvgIpc) is 2.83. The maximum absolute atomic E-state index is 5.28. The van der Waals surface area contributed by atoms with E-state index in [1.54, 1.807) is 7.11 Å². The Bertz CT molecular complexity index is 641. The summed E-state index contributed by atoms with van der Waals surface area (Å²) in [4.78, 5) is 0. The molecule has 0 saturated heterocycles. The van der Waals surface area contributed by atoms with E-state index in [1.807, 2.05) is 48.5 Å². The topological polar surface area (TPSA) is 35.3 Å². The first-order valence-corrected chi connectivity index (χ1v) is 5.37. The van der Waals surface area contributed by atoms with E-state index in [1.165, 1.54) is 0 Å². The van der Waals surface area contributed by atoms with Crippen LogP contribution in [-0.2, 0) is 0 Å². The normalized spacial score (nSPS) is 10.6. The van der Waals surface area contributed by atoms with Gasteiger partial charge in [-0.25, -0.2) is 0 Å². The fourth-order valence-corrected chi connectivity index (χ4v) is 1.84. The third-order valence-corrected chi connectivity index (χ3v) is 2.74. The van der Waals surface area contributed by atoms with Gasteiger partial charge in [0, 0.05) is 10.9 Å². The molecule has 3 nitrogen and oxygen atoms in total. The monoisotopic (exact) mass is 225 g/mol.